The number of urea groups is 1. The number of aryl methyl sites for hydroxylation is 1. The molecule has 2 fully saturated rings. The van der Waals surface area contributed by atoms with Crippen LogP contribution in [0.2, 0.25) is 0 Å². The van der Waals surface area contributed by atoms with Crippen molar-refractivity contribution in [2.45, 2.75) is 32.7 Å². The summed E-state index contributed by atoms with van der Waals surface area (Å²) in [5.74, 6) is 2.18. The number of carbonyl (C=O) groups excluding carboxylic acids is 2. The first kappa shape index (κ1) is 19.1. The van der Waals surface area contributed by atoms with Crippen molar-refractivity contribution in [3.63, 3.8) is 0 Å². The Bertz CT molecular complexity index is 646. The number of hydrogen-bond acceptors (Lipinski definition) is 3. The first-order valence-electron chi connectivity index (χ1n) is 9.57. The van der Waals surface area contributed by atoms with Crippen LogP contribution in [0.5, 0.6) is 0 Å². The van der Waals surface area contributed by atoms with Crippen molar-refractivity contribution in [3.05, 3.63) is 35.4 Å². The summed E-state index contributed by atoms with van der Waals surface area (Å²) in [6.07, 6.45) is 1.68. The molecule has 142 valence electrons. The van der Waals surface area contributed by atoms with Crippen LogP contribution in [0, 0.1) is 12.8 Å². The van der Waals surface area contributed by atoms with Crippen molar-refractivity contribution in [2.75, 3.05) is 37.7 Å². The van der Waals surface area contributed by atoms with Crippen LogP contribution in [0.4, 0.5) is 4.79 Å². The van der Waals surface area contributed by atoms with E-state index in [1.165, 1.54) is 5.56 Å². The summed E-state index contributed by atoms with van der Waals surface area (Å²) in [6, 6.07) is 8.34. The lowest BCUT2D eigenvalue weighted by Gasteiger charge is -2.41. The Morgan fingerprint density at radius 3 is 2.69 bits per heavy atom. The summed E-state index contributed by atoms with van der Waals surface area (Å²) in [7, 11) is 0. The molecule has 0 spiro atoms. The number of likely N-dealkylation sites (tertiary alicyclic amines) is 1. The number of piperidine rings is 1. The number of amides is 3. The number of nitrogens with zero attached hydrogens (tertiary/aromatic N) is 2. The maximum atomic E-state index is 12.9. The molecule has 2 aliphatic rings. The van der Waals surface area contributed by atoms with Gasteiger partial charge in [-0.1, -0.05) is 29.8 Å². The van der Waals surface area contributed by atoms with E-state index in [0.29, 0.717) is 13.1 Å². The lowest BCUT2D eigenvalue weighted by atomic mass is 9.88. The molecule has 2 saturated heterocycles. The molecule has 1 N–H and O–H groups in total. The molecule has 0 bridgehead atoms. The Hall–Kier alpha value is -1.69. The van der Waals surface area contributed by atoms with Crippen molar-refractivity contribution >= 4 is 23.7 Å². The van der Waals surface area contributed by atoms with Crippen LogP contribution in [-0.2, 0) is 4.79 Å². The number of benzene rings is 1. The summed E-state index contributed by atoms with van der Waals surface area (Å²) in [6.45, 7) is 6.77. The van der Waals surface area contributed by atoms with E-state index in [1.54, 1.807) is 0 Å². The molecular weight excluding hydrogens is 346 g/mol. The highest BCUT2D eigenvalue weighted by Crippen LogP contribution is 2.34. The van der Waals surface area contributed by atoms with Gasteiger partial charge in [-0.3, -0.25) is 4.79 Å². The molecule has 0 aliphatic carbocycles. The van der Waals surface area contributed by atoms with Gasteiger partial charge in [0.25, 0.3) is 0 Å². The summed E-state index contributed by atoms with van der Waals surface area (Å²) >= 11 is 1.91. The molecule has 26 heavy (non-hydrogen) atoms. The molecular formula is C20H29N3O2S. The topological polar surface area (TPSA) is 52.7 Å². The normalized spacial score (nSPS) is 23.6. The van der Waals surface area contributed by atoms with Crippen molar-refractivity contribution in [1.29, 1.82) is 0 Å². The second kappa shape index (κ2) is 8.80. The molecule has 2 atom stereocenters. The zero-order chi connectivity index (χ0) is 18.5. The van der Waals surface area contributed by atoms with Crippen LogP contribution < -0.4 is 5.32 Å². The van der Waals surface area contributed by atoms with Crippen molar-refractivity contribution in [2.24, 2.45) is 5.92 Å². The second-order valence-electron chi connectivity index (χ2n) is 7.13. The molecule has 0 radical (unpaired) electrons. The minimum absolute atomic E-state index is 0.0439. The van der Waals surface area contributed by atoms with Crippen molar-refractivity contribution in [3.8, 4) is 0 Å². The molecule has 6 heteroatoms. The fraction of sp³-hybridized carbons (Fsp3) is 0.600. The van der Waals surface area contributed by atoms with E-state index in [-0.39, 0.29) is 23.9 Å². The first-order chi connectivity index (χ1) is 12.6. The van der Waals surface area contributed by atoms with Crippen LogP contribution in [-0.4, -0.2) is 59.4 Å². The standard InChI is InChI=1S/C20H29N3O2S/c1-3-21-20(25)23-14-17(19(24)22-9-11-26-12-10-22)7-8-18(23)16-6-4-5-15(2)13-16/h4-6,13,17-18H,3,7-12,14H2,1-2H3,(H,21,25)/t17-,18+/m1/s1. The van der Waals surface area contributed by atoms with Gasteiger partial charge in [0, 0.05) is 37.7 Å². The molecule has 1 aromatic carbocycles. The average Bonchev–Trinajstić information content (AvgIpc) is 2.68. The summed E-state index contributed by atoms with van der Waals surface area (Å²) in [5, 5.41) is 2.93. The van der Waals surface area contributed by atoms with Crippen LogP contribution >= 0.6 is 11.8 Å². The predicted octanol–water partition coefficient (Wildman–Crippen LogP) is 3.05. The minimum atomic E-state index is -0.0817. The fourth-order valence-corrected chi connectivity index (χ4v) is 4.82. The van der Waals surface area contributed by atoms with Crippen LogP contribution in [0.15, 0.2) is 24.3 Å². The van der Waals surface area contributed by atoms with E-state index < -0.39 is 0 Å². The molecule has 3 amide bonds. The molecule has 2 heterocycles. The van der Waals surface area contributed by atoms with Gasteiger partial charge in [-0.25, -0.2) is 4.79 Å². The fourth-order valence-electron chi connectivity index (χ4n) is 3.92. The molecule has 1 aromatic rings. The molecule has 5 nitrogen and oxygen atoms in total. The maximum Gasteiger partial charge on any atom is 0.317 e. The third kappa shape index (κ3) is 4.34. The number of nitrogens with one attached hydrogen (secondary N) is 1. The highest BCUT2D eigenvalue weighted by atomic mass is 32.2. The van der Waals surface area contributed by atoms with Gasteiger partial charge in [-0.15, -0.1) is 0 Å². The Morgan fingerprint density at radius 1 is 1.23 bits per heavy atom. The van der Waals surface area contributed by atoms with Gasteiger partial charge in [0.15, 0.2) is 0 Å². The van der Waals surface area contributed by atoms with Crippen molar-refractivity contribution < 1.29 is 9.59 Å². The van der Waals surface area contributed by atoms with E-state index in [2.05, 4.69) is 30.4 Å². The predicted molar refractivity (Wildman–Crippen MR) is 106 cm³/mol. The zero-order valence-corrected chi connectivity index (χ0v) is 16.6. The Labute approximate surface area is 160 Å². The largest absolute Gasteiger partial charge is 0.341 e. The third-order valence-corrected chi connectivity index (χ3v) is 6.21. The Kier molecular flexibility index (Phi) is 6.46. The SMILES string of the molecule is CCNC(=O)N1C[C@H](C(=O)N2CCSCC2)CC[C@H]1c1cccc(C)c1. The van der Waals surface area contributed by atoms with Gasteiger partial charge in [0.1, 0.15) is 0 Å². The van der Waals surface area contributed by atoms with Crippen LogP contribution in [0.25, 0.3) is 0 Å². The summed E-state index contributed by atoms with van der Waals surface area (Å²) < 4.78 is 0. The molecule has 0 aromatic heterocycles. The first-order valence-corrected chi connectivity index (χ1v) is 10.7. The Morgan fingerprint density at radius 2 is 2.00 bits per heavy atom. The van der Waals surface area contributed by atoms with E-state index >= 15 is 0 Å². The quantitative estimate of drug-likeness (QED) is 0.883. The Balaban J connectivity index is 1.76. The number of hydrogen-bond donors (Lipinski definition) is 1. The van der Waals surface area contributed by atoms with Crippen LogP contribution in [0.1, 0.15) is 36.9 Å². The lowest BCUT2D eigenvalue weighted by molar-refractivity contribution is -0.137. The maximum absolute atomic E-state index is 12.9. The highest BCUT2D eigenvalue weighted by Gasteiger charge is 2.37. The van der Waals surface area contributed by atoms with Gasteiger partial charge in [-0.05, 0) is 32.3 Å². The van der Waals surface area contributed by atoms with Gasteiger partial charge in [0.05, 0.1) is 12.0 Å². The summed E-state index contributed by atoms with van der Waals surface area (Å²) in [5.41, 5.74) is 2.36. The average molecular weight is 376 g/mol. The molecule has 0 saturated carbocycles. The zero-order valence-electron chi connectivity index (χ0n) is 15.7. The molecule has 2 aliphatic heterocycles. The number of thioether (sulfide) groups is 1. The third-order valence-electron chi connectivity index (χ3n) is 5.27. The molecule has 3 rings (SSSR count). The molecule has 0 unspecified atom stereocenters. The monoisotopic (exact) mass is 375 g/mol. The second-order valence-corrected chi connectivity index (χ2v) is 8.35. The van der Waals surface area contributed by atoms with Gasteiger partial charge < -0.3 is 15.1 Å². The lowest BCUT2D eigenvalue weighted by Crippen LogP contribution is -2.51. The number of rotatable bonds is 3. The van der Waals surface area contributed by atoms with Gasteiger partial charge in [0.2, 0.25) is 5.91 Å². The van der Waals surface area contributed by atoms with E-state index in [9.17, 15) is 9.59 Å². The highest BCUT2D eigenvalue weighted by molar-refractivity contribution is 7.99. The smallest absolute Gasteiger partial charge is 0.317 e. The van der Waals surface area contributed by atoms with Gasteiger partial charge in [-0.2, -0.15) is 11.8 Å². The number of carbonyl (C=O) groups is 2. The summed E-state index contributed by atoms with van der Waals surface area (Å²) in [4.78, 5) is 29.5. The van der Waals surface area contributed by atoms with E-state index in [0.717, 1.165) is 43.0 Å². The minimum Gasteiger partial charge on any atom is -0.341 e. The van der Waals surface area contributed by atoms with Gasteiger partial charge >= 0.3 is 6.03 Å². The van der Waals surface area contributed by atoms with E-state index in [1.807, 2.05) is 34.6 Å². The van der Waals surface area contributed by atoms with Crippen molar-refractivity contribution in [1.82, 2.24) is 15.1 Å². The van der Waals surface area contributed by atoms with Crippen LogP contribution in [0.3, 0.4) is 0 Å². The van der Waals surface area contributed by atoms with E-state index in [4.69, 9.17) is 0 Å².